The van der Waals surface area contributed by atoms with Gasteiger partial charge in [0, 0.05) is 21.7 Å². The highest BCUT2D eigenvalue weighted by Gasteiger charge is 2.09. The second kappa shape index (κ2) is 4.97. The monoisotopic (exact) mass is 276 g/mol. The van der Waals surface area contributed by atoms with Gasteiger partial charge < -0.3 is 4.74 Å². The van der Waals surface area contributed by atoms with E-state index in [4.69, 9.17) is 4.74 Å². The molecule has 0 aliphatic heterocycles. The average molecular weight is 276 g/mol. The smallest absolute Gasteiger partial charge is 0.132 e. The Morgan fingerprint density at radius 1 is 1.05 bits per heavy atom. The van der Waals surface area contributed by atoms with E-state index in [0.717, 1.165) is 10.3 Å². The minimum absolute atomic E-state index is 0.227. The Morgan fingerprint density at radius 3 is 2.74 bits per heavy atom. The van der Waals surface area contributed by atoms with Crippen LogP contribution in [-0.2, 0) is 6.61 Å². The van der Waals surface area contributed by atoms with Crippen LogP contribution in [0.25, 0.3) is 10.1 Å². The molecule has 4 heteroatoms. The molecule has 0 fully saturated rings. The van der Waals surface area contributed by atoms with E-state index < -0.39 is 0 Å². The van der Waals surface area contributed by atoms with Crippen LogP contribution in [0.4, 0.5) is 8.78 Å². The van der Waals surface area contributed by atoms with Crippen molar-refractivity contribution in [1.29, 1.82) is 0 Å². The van der Waals surface area contributed by atoms with Gasteiger partial charge in [0.1, 0.15) is 24.0 Å². The molecule has 0 saturated carbocycles. The minimum Gasteiger partial charge on any atom is -0.489 e. The zero-order valence-corrected chi connectivity index (χ0v) is 10.7. The zero-order valence-electron chi connectivity index (χ0n) is 9.90. The van der Waals surface area contributed by atoms with Crippen molar-refractivity contribution in [2.45, 2.75) is 6.61 Å². The van der Waals surface area contributed by atoms with E-state index >= 15 is 0 Å². The number of thiophene rings is 1. The Hall–Kier alpha value is -1.94. The van der Waals surface area contributed by atoms with E-state index in [2.05, 4.69) is 0 Å². The van der Waals surface area contributed by atoms with Gasteiger partial charge in [-0.1, -0.05) is 12.1 Å². The van der Waals surface area contributed by atoms with Crippen molar-refractivity contribution in [3.63, 3.8) is 0 Å². The van der Waals surface area contributed by atoms with Crippen molar-refractivity contribution in [2.75, 3.05) is 0 Å². The van der Waals surface area contributed by atoms with Crippen molar-refractivity contribution in [2.24, 2.45) is 0 Å². The summed E-state index contributed by atoms with van der Waals surface area (Å²) >= 11 is 1.47. The van der Waals surface area contributed by atoms with Crippen molar-refractivity contribution in [1.82, 2.24) is 0 Å². The predicted octanol–water partition coefficient (Wildman–Crippen LogP) is 4.76. The summed E-state index contributed by atoms with van der Waals surface area (Å²) in [4.78, 5) is 0. The molecule has 2 aromatic carbocycles. The number of benzene rings is 2. The van der Waals surface area contributed by atoms with Gasteiger partial charge in [-0.3, -0.25) is 0 Å². The van der Waals surface area contributed by atoms with Crippen molar-refractivity contribution < 1.29 is 13.5 Å². The summed E-state index contributed by atoms with van der Waals surface area (Å²) in [7, 11) is 0. The van der Waals surface area contributed by atoms with E-state index in [9.17, 15) is 8.78 Å². The molecule has 0 atom stereocenters. The van der Waals surface area contributed by atoms with Crippen molar-refractivity contribution >= 4 is 21.4 Å². The molecule has 96 valence electrons. The van der Waals surface area contributed by atoms with E-state index in [-0.39, 0.29) is 18.2 Å². The second-order valence-corrected chi connectivity index (χ2v) is 5.03. The predicted molar refractivity (Wildman–Crippen MR) is 72.5 cm³/mol. The molecular formula is C15H10F2OS. The van der Waals surface area contributed by atoms with Crippen LogP contribution in [0, 0.1) is 11.6 Å². The molecular weight excluding hydrogens is 266 g/mol. The maximum atomic E-state index is 13.8. The molecule has 19 heavy (non-hydrogen) atoms. The molecule has 0 unspecified atom stereocenters. The summed E-state index contributed by atoms with van der Waals surface area (Å²) in [6, 6.07) is 10.9. The summed E-state index contributed by atoms with van der Waals surface area (Å²) in [5.41, 5.74) is 0.780. The molecule has 0 radical (unpaired) electrons. The normalized spacial score (nSPS) is 10.8. The standard InChI is InChI=1S/C15H10F2OS/c16-11-3-1-4-12(7-11)18-8-10-9-19-14-6-2-5-13(17)15(10)14/h1-7,9H,8H2. The van der Waals surface area contributed by atoms with Crippen molar-refractivity contribution in [3.05, 3.63) is 65.0 Å². The van der Waals surface area contributed by atoms with E-state index in [1.807, 2.05) is 11.4 Å². The topological polar surface area (TPSA) is 9.23 Å². The van der Waals surface area contributed by atoms with Crippen LogP contribution in [0.3, 0.4) is 0 Å². The first-order chi connectivity index (χ1) is 9.24. The quantitative estimate of drug-likeness (QED) is 0.670. The van der Waals surface area contributed by atoms with Crippen LogP contribution in [0.2, 0.25) is 0 Å². The average Bonchev–Trinajstić information content (AvgIpc) is 2.81. The fourth-order valence-electron chi connectivity index (χ4n) is 1.93. The van der Waals surface area contributed by atoms with Gasteiger partial charge >= 0.3 is 0 Å². The van der Waals surface area contributed by atoms with Crippen LogP contribution in [0.15, 0.2) is 47.8 Å². The van der Waals surface area contributed by atoms with Crippen LogP contribution >= 0.6 is 11.3 Å². The molecule has 0 spiro atoms. The SMILES string of the molecule is Fc1cccc(OCc2csc3cccc(F)c23)c1. The molecule has 0 amide bonds. The second-order valence-electron chi connectivity index (χ2n) is 4.12. The van der Waals surface area contributed by atoms with Crippen LogP contribution in [-0.4, -0.2) is 0 Å². The number of hydrogen-bond donors (Lipinski definition) is 0. The van der Waals surface area contributed by atoms with E-state index in [1.165, 1.54) is 29.5 Å². The van der Waals surface area contributed by atoms with Gasteiger partial charge in [0.2, 0.25) is 0 Å². The third kappa shape index (κ3) is 2.44. The van der Waals surface area contributed by atoms with E-state index in [0.29, 0.717) is 11.1 Å². The highest BCUT2D eigenvalue weighted by Crippen LogP contribution is 2.29. The third-order valence-electron chi connectivity index (χ3n) is 2.82. The number of fused-ring (bicyclic) bond motifs is 1. The molecule has 1 heterocycles. The summed E-state index contributed by atoms with van der Waals surface area (Å²) in [5.74, 6) is -0.161. The first kappa shape index (κ1) is 12.1. The van der Waals surface area contributed by atoms with Gasteiger partial charge in [-0.05, 0) is 29.6 Å². The molecule has 0 bridgehead atoms. The first-order valence-corrected chi connectivity index (χ1v) is 6.65. The molecule has 1 nitrogen and oxygen atoms in total. The highest BCUT2D eigenvalue weighted by molar-refractivity contribution is 7.17. The van der Waals surface area contributed by atoms with Crippen LogP contribution in [0.5, 0.6) is 5.75 Å². The van der Waals surface area contributed by atoms with Gasteiger partial charge in [0.25, 0.3) is 0 Å². The van der Waals surface area contributed by atoms with Gasteiger partial charge in [0.15, 0.2) is 0 Å². The summed E-state index contributed by atoms with van der Waals surface area (Å²) in [6.45, 7) is 0.227. The number of ether oxygens (including phenoxy) is 1. The molecule has 0 aliphatic rings. The summed E-state index contributed by atoms with van der Waals surface area (Å²) in [5, 5.41) is 2.46. The molecule has 0 saturated heterocycles. The third-order valence-corrected chi connectivity index (χ3v) is 3.81. The maximum absolute atomic E-state index is 13.8. The lowest BCUT2D eigenvalue weighted by atomic mass is 10.2. The largest absolute Gasteiger partial charge is 0.489 e. The Balaban J connectivity index is 1.86. The lowest BCUT2D eigenvalue weighted by molar-refractivity contribution is 0.306. The van der Waals surface area contributed by atoms with Gasteiger partial charge in [-0.2, -0.15) is 0 Å². The van der Waals surface area contributed by atoms with Gasteiger partial charge in [0.05, 0.1) is 0 Å². The van der Waals surface area contributed by atoms with Crippen LogP contribution < -0.4 is 4.74 Å². The van der Waals surface area contributed by atoms with Gasteiger partial charge in [-0.25, -0.2) is 8.78 Å². The summed E-state index contributed by atoms with van der Waals surface area (Å²) in [6.07, 6.45) is 0. The number of rotatable bonds is 3. The number of hydrogen-bond acceptors (Lipinski definition) is 2. The molecule has 0 N–H and O–H groups in total. The van der Waals surface area contributed by atoms with Crippen molar-refractivity contribution in [3.8, 4) is 5.75 Å². The Morgan fingerprint density at radius 2 is 1.89 bits per heavy atom. The zero-order chi connectivity index (χ0) is 13.2. The van der Waals surface area contributed by atoms with Gasteiger partial charge in [-0.15, -0.1) is 11.3 Å². The molecule has 0 aliphatic carbocycles. The molecule has 1 aromatic heterocycles. The fourth-order valence-corrected chi connectivity index (χ4v) is 2.89. The fraction of sp³-hybridized carbons (Fsp3) is 0.0667. The van der Waals surface area contributed by atoms with Crippen LogP contribution in [0.1, 0.15) is 5.56 Å². The Kier molecular flexibility index (Phi) is 3.17. The molecule has 3 rings (SSSR count). The minimum atomic E-state index is -0.348. The lowest BCUT2D eigenvalue weighted by Crippen LogP contribution is -1.95. The summed E-state index contributed by atoms with van der Waals surface area (Å²) < 4.78 is 33.2. The Labute approximate surface area is 113 Å². The maximum Gasteiger partial charge on any atom is 0.132 e. The lowest BCUT2D eigenvalue weighted by Gasteiger charge is -2.05. The molecule has 3 aromatic rings. The first-order valence-electron chi connectivity index (χ1n) is 5.77. The number of halogens is 2. The highest BCUT2D eigenvalue weighted by atomic mass is 32.1. The Bertz CT molecular complexity index is 721. The van der Waals surface area contributed by atoms with E-state index in [1.54, 1.807) is 18.2 Å².